The number of carbonyl (C=O) groups excluding carboxylic acids is 3. The first-order valence-electron chi connectivity index (χ1n) is 26.0. The molecule has 0 N–H and O–H groups in total. The van der Waals surface area contributed by atoms with Crippen molar-refractivity contribution >= 4 is 17.9 Å². The Labute approximate surface area is 382 Å². The Hall–Kier alpha value is -3.15. The molecule has 0 aliphatic rings. The number of allylic oxidation sites excluding steroid dienone is 12. The van der Waals surface area contributed by atoms with Crippen LogP contribution >= 0.6 is 0 Å². The van der Waals surface area contributed by atoms with E-state index in [4.69, 9.17) is 14.2 Å². The van der Waals surface area contributed by atoms with E-state index in [1.165, 1.54) is 116 Å². The van der Waals surface area contributed by atoms with Crippen molar-refractivity contribution in [3.63, 3.8) is 0 Å². The number of ether oxygens (including phenoxy) is 3. The Kier molecular flexibility index (Phi) is 47.9. The number of rotatable bonds is 46. The van der Waals surface area contributed by atoms with Gasteiger partial charge < -0.3 is 14.2 Å². The lowest BCUT2D eigenvalue weighted by Crippen LogP contribution is -2.30. The second-order valence-electron chi connectivity index (χ2n) is 17.1. The molecule has 0 aromatic carbocycles. The summed E-state index contributed by atoms with van der Waals surface area (Å²) in [7, 11) is 0. The second kappa shape index (κ2) is 50.5. The van der Waals surface area contributed by atoms with E-state index in [2.05, 4.69) is 93.7 Å². The van der Waals surface area contributed by atoms with Gasteiger partial charge in [0.2, 0.25) is 0 Å². The van der Waals surface area contributed by atoms with Crippen LogP contribution in [0.15, 0.2) is 72.9 Å². The van der Waals surface area contributed by atoms with Gasteiger partial charge in [0.1, 0.15) is 13.2 Å². The van der Waals surface area contributed by atoms with Crippen molar-refractivity contribution in [3.05, 3.63) is 72.9 Å². The molecule has 6 nitrogen and oxygen atoms in total. The molecule has 0 heterocycles. The smallest absolute Gasteiger partial charge is 0.306 e. The molecule has 0 amide bonds. The Morgan fingerprint density at radius 3 is 1.13 bits per heavy atom. The molecule has 62 heavy (non-hydrogen) atoms. The van der Waals surface area contributed by atoms with E-state index in [0.29, 0.717) is 19.3 Å². The van der Waals surface area contributed by atoms with Gasteiger partial charge in [-0.25, -0.2) is 0 Å². The van der Waals surface area contributed by atoms with Crippen LogP contribution in [0.3, 0.4) is 0 Å². The fraction of sp³-hybridized carbons (Fsp3) is 0.732. The van der Waals surface area contributed by atoms with Crippen LogP contribution in [0.1, 0.15) is 245 Å². The van der Waals surface area contributed by atoms with Crippen molar-refractivity contribution in [1.29, 1.82) is 0 Å². The lowest BCUT2D eigenvalue weighted by atomic mass is 10.1. The molecule has 1 unspecified atom stereocenters. The molecule has 0 spiro atoms. The van der Waals surface area contributed by atoms with Crippen LogP contribution in [0.2, 0.25) is 0 Å². The first-order chi connectivity index (χ1) is 30.5. The van der Waals surface area contributed by atoms with E-state index in [-0.39, 0.29) is 31.1 Å². The first-order valence-corrected chi connectivity index (χ1v) is 26.0. The second-order valence-corrected chi connectivity index (χ2v) is 17.1. The third kappa shape index (κ3) is 47.9. The zero-order chi connectivity index (χ0) is 45.1. The molecular formula is C56H96O6. The minimum Gasteiger partial charge on any atom is -0.462 e. The molecule has 1 atom stereocenters. The van der Waals surface area contributed by atoms with Crippen molar-refractivity contribution in [2.24, 2.45) is 0 Å². The van der Waals surface area contributed by atoms with Crippen LogP contribution in [0, 0.1) is 0 Å². The van der Waals surface area contributed by atoms with Crippen LogP contribution < -0.4 is 0 Å². The summed E-state index contributed by atoms with van der Waals surface area (Å²) in [5.41, 5.74) is 0. The van der Waals surface area contributed by atoms with Gasteiger partial charge >= 0.3 is 17.9 Å². The quantitative estimate of drug-likeness (QED) is 0.0199. The zero-order valence-electron chi connectivity index (χ0n) is 40.6. The summed E-state index contributed by atoms with van der Waals surface area (Å²) in [4.78, 5) is 37.9. The molecular weight excluding hydrogens is 769 g/mol. The molecule has 0 bridgehead atoms. The summed E-state index contributed by atoms with van der Waals surface area (Å²) < 4.78 is 16.8. The molecule has 0 fully saturated rings. The van der Waals surface area contributed by atoms with Gasteiger partial charge in [0, 0.05) is 19.3 Å². The van der Waals surface area contributed by atoms with Crippen LogP contribution in [0.4, 0.5) is 0 Å². The van der Waals surface area contributed by atoms with Gasteiger partial charge in [-0.1, -0.05) is 209 Å². The van der Waals surface area contributed by atoms with E-state index in [0.717, 1.165) is 89.9 Å². The molecule has 0 saturated carbocycles. The average Bonchev–Trinajstić information content (AvgIpc) is 3.27. The Balaban J connectivity index is 4.36. The fourth-order valence-corrected chi connectivity index (χ4v) is 7.04. The van der Waals surface area contributed by atoms with Gasteiger partial charge in [0.25, 0.3) is 0 Å². The van der Waals surface area contributed by atoms with E-state index < -0.39 is 6.10 Å². The lowest BCUT2D eigenvalue weighted by molar-refractivity contribution is -0.167. The van der Waals surface area contributed by atoms with E-state index in [1.54, 1.807) is 0 Å². The van der Waals surface area contributed by atoms with Gasteiger partial charge in [-0.3, -0.25) is 14.4 Å². The predicted octanol–water partition coefficient (Wildman–Crippen LogP) is 17.0. The molecule has 0 saturated heterocycles. The summed E-state index contributed by atoms with van der Waals surface area (Å²) in [6.07, 6.45) is 63.2. The van der Waals surface area contributed by atoms with Gasteiger partial charge in [-0.05, 0) is 89.9 Å². The van der Waals surface area contributed by atoms with Crippen molar-refractivity contribution in [1.82, 2.24) is 0 Å². The predicted molar refractivity (Wildman–Crippen MR) is 265 cm³/mol. The zero-order valence-corrected chi connectivity index (χ0v) is 40.6. The number of hydrogen-bond acceptors (Lipinski definition) is 6. The highest BCUT2D eigenvalue weighted by atomic mass is 16.6. The summed E-state index contributed by atoms with van der Waals surface area (Å²) in [5.74, 6) is -0.929. The fourth-order valence-electron chi connectivity index (χ4n) is 7.04. The largest absolute Gasteiger partial charge is 0.462 e. The molecule has 0 aromatic heterocycles. The standard InChI is InChI=1S/C56H96O6/c1-4-7-10-13-16-19-22-24-26-27-28-29-30-32-34-37-40-43-46-49-55(58)61-52-53(51-60-54(57)48-45-42-39-36-33-21-18-15-12-9-6-3)62-56(59)50-47-44-41-38-35-31-25-23-20-17-14-11-8-5-2/h8,11,15-22,24,33,53H,4-7,9-10,12-14,23,25-32,34-52H2,1-3H3/b11-8-,18-15-,19-16-,20-17-,24-22-,33-21-. The Morgan fingerprint density at radius 1 is 0.355 bits per heavy atom. The van der Waals surface area contributed by atoms with Gasteiger partial charge in [-0.2, -0.15) is 0 Å². The Morgan fingerprint density at radius 2 is 0.694 bits per heavy atom. The van der Waals surface area contributed by atoms with Crippen molar-refractivity contribution < 1.29 is 28.6 Å². The van der Waals surface area contributed by atoms with E-state index in [9.17, 15) is 14.4 Å². The summed E-state index contributed by atoms with van der Waals surface area (Å²) >= 11 is 0. The van der Waals surface area contributed by atoms with Crippen molar-refractivity contribution in [3.8, 4) is 0 Å². The first kappa shape index (κ1) is 58.9. The molecule has 0 aliphatic carbocycles. The van der Waals surface area contributed by atoms with Crippen LogP contribution in [0.5, 0.6) is 0 Å². The summed E-state index contributed by atoms with van der Waals surface area (Å²) in [5, 5.41) is 0. The normalized spacial score (nSPS) is 12.6. The summed E-state index contributed by atoms with van der Waals surface area (Å²) in [6, 6.07) is 0. The van der Waals surface area contributed by atoms with E-state index >= 15 is 0 Å². The van der Waals surface area contributed by atoms with Gasteiger partial charge in [0.05, 0.1) is 0 Å². The summed E-state index contributed by atoms with van der Waals surface area (Å²) in [6.45, 7) is 6.42. The van der Waals surface area contributed by atoms with Gasteiger partial charge in [0.15, 0.2) is 6.10 Å². The molecule has 0 rings (SSSR count). The molecule has 0 aromatic rings. The van der Waals surface area contributed by atoms with Crippen LogP contribution in [0.25, 0.3) is 0 Å². The molecule has 0 radical (unpaired) electrons. The lowest BCUT2D eigenvalue weighted by Gasteiger charge is -2.18. The highest BCUT2D eigenvalue weighted by Gasteiger charge is 2.19. The number of esters is 3. The minimum absolute atomic E-state index is 0.0891. The van der Waals surface area contributed by atoms with Crippen molar-refractivity contribution in [2.75, 3.05) is 13.2 Å². The number of hydrogen-bond donors (Lipinski definition) is 0. The number of unbranched alkanes of at least 4 members (excludes halogenated alkanes) is 25. The third-order valence-corrected chi connectivity index (χ3v) is 11.0. The van der Waals surface area contributed by atoms with Crippen LogP contribution in [-0.2, 0) is 28.6 Å². The SMILES string of the molecule is CC/C=C\C/C=C\CCCCCCCCCC(=O)OC(COC(=O)CCCCC/C=C\C=C/CCCC)COC(=O)CCCCCCCCCCCC/C=C\C=C/CCCCC. The van der Waals surface area contributed by atoms with Crippen molar-refractivity contribution in [2.45, 2.75) is 252 Å². The monoisotopic (exact) mass is 865 g/mol. The highest BCUT2D eigenvalue weighted by Crippen LogP contribution is 2.15. The molecule has 356 valence electrons. The minimum atomic E-state index is -0.790. The third-order valence-electron chi connectivity index (χ3n) is 11.0. The number of carbonyl (C=O) groups is 3. The average molecular weight is 865 g/mol. The molecule has 0 aliphatic heterocycles. The highest BCUT2D eigenvalue weighted by molar-refractivity contribution is 5.71. The Bertz CT molecular complexity index is 1180. The van der Waals surface area contributed by atoms with Gasteiger partial charge in [-0.15, -0.1) is 0 Å². The maximum absolute atomic E-state index is 12.8. The van der Waals surface area contributed by atoms with E-state index in [1.807, 2.05) is 0 Å². The maximum Gasteiger partial charge on any atom is 0.306 e. The topological polar surface area (TPSA) is 78.9 Å². The molecule has 6 heteroatoms. The van der Waals surface area contributed by atoms with Crippen LogP contribution in [-0.4, -0.2) is 37.2 Å². The maximum atomic E-state index is 12.8.